The molecule has 120 valence electrons. The van der Waals surface area contributed by atoms with Crippen LogP contribution in [0, 0.1) is 0 Å². The van der Waals surface area contributed by atoms with Crippen molar-refractivity contribution < 1.29 is 19.4 Å². The molecule has 0 amide bonds. The van der Waals surface area contributed by atoms with Crippen molar-refractivity contribution in [2.75, 3.05) is 20.3 Å². The lowest BCUT2D eigenvalue weighted by molar-refractivity contribution is -0.143. The molecule has 0 spiro atoms. The monoisotopic (exact) mass is 314 g/mol. The highest BCUT2D eigenvalue weighted by Crippen LogP contribution is 2.30. The maximum atomic E-state index is 11.7. The topological polar surface area (TPSA) is 71.9 Å². The summed E-state index contributed by atoms with van der Waals surface area (Å²) in [4.78, 5) is 17.7. The van der Waals surface area contributed by atoms with Crippen molar-refractivity contribution in [3.8, 4) is 11.5 Å². The second kappa shape index (κ2) is 6.66. The molecule has 0 fully saturated rings. The predicted octanol–water partition coefficient (Wildman–Crippen LogP) is 2.11. The molecule has 23 heavy (non-hydrogen) atoms. The summed E-state index contributed by atoms with van der Waals surface area (Å²) in [5.41, 5.74) is 1.47. The van der Waals surface area contributed by atoms with Gasteiger partial charge in [0.25, 0.3) is 0 Å². The zero-order valence-electron chi connectivity index (χ0n) is 12.8. The zero-order chi connectivity index (χ0) is 16.2. The number of aromatic nitrogens is 1. The Morgan fingerprint density at radius 1 is 1.26 bits per heavy atom. The predicted molar refractivity (Wildman–Crippen MR) is 83.5 cm³/mol. The number of carbonyl (C=O) groups is 1. The molecule has 3 rings (SSSR count). The minimum Gasteiger partial charge on any atom is -0.486 e. The van der Waals surface area contributed by atoms with Crippen molar-refractivity contribution in [3.63, 3.8) is 0 Å². The van der Waals surface area contributed by atoms with Crippen LogP contribution in [0.5, 0.6) is 11.5 Å². The third-order valence-electron chi connectivity index (χ3n) is 3.69. The largest absolute Gasteiger partial charge is 0.486 e. The second-order valence-corrected chi connectivity index (χ2v) is 5.39. The van der Waals surface area contributed by atoms with E-state index in [4.69, 9.17) is 9.47 Å². The third kappa shape index (κ3) is 3.43. The maximum absolute atomic E-state index is 11.7. The van der Waals surface area contributed by atoms with Gasteiger partial charge in [0, 0.05) is 12.6 Å². The average molecular weight is 314 g/mol. The molecule has 1 atom stereocenters. The van der Waals surface area contributed by atoms with Gasteiger partial charge in [0.1, 0.15) is 19.3 Å². The summed E-state index contributed by atoms with van der Waals surface area (Å²) in [5.74, 6) is 0.387. The number of aliphatic carboxylic acids is 1. The molecule has 0 radical (unpaired) electrons. The van der Waals surface area contributed by atoms with E-state index in [1.165, 1.54) is 0 Å². The first-order chi connectivity index (χ1) is 11.1. The molecule has 0 bridgehead atoms. The number of benzene rings is 1. The summed E-state index contributed by atoms with van der Waals surface area (Å²) >= 11 is 0. The SMILES string of the molecule is CN(Cc1cc2c(cn1)OCCO2)C(C(=O)O)c1ccccc1. The van der Waals surface area contributed by atoms with E-state index < -0.39 is 12.0 Å². The lowest BCUT2D eigenvalue weighted by Gasteiger charge is -2.25. The van der Waals surface area contributed by atoms with Gasteiger partial charge in [0.05, 0.1) is 11.9 Å². The van der Waals surface area contributed by atoms with Crippen LogP contribution in [-0.4, -0.2) is 41.2 Å². The number of hydrogen-bond donors (Lipinski definition) is 1. The van der Waals surface area contributed by atoms with Crippen LogP contribution < -0.4 is 9.47 Å². The highest BCUT2D eigenvalue weighted by atomic mass is 16.6. The Morgan fingerprint density at radius 3 is 2.65 bits per heavy atom. The summed E-state index contributed by atoms with van der Waals surface area (Å²) < 4.78 is 11.0. The van der Waals surface area contributed by atoms with E-state index in [2.05, 4.69) is 4.98 Å². The van der Waals surface area contributed by atoms with Crippen LogP contribution in [-0.2, 0) is 11.3 Å². The lowest BCUT2D eigenvalue weighted by atomic mass is 10.1. The molecule has 1 aliphatic heterocycles. The molecule has 0 saturated carbocycles. The smallest absolute Gasteiger partial charge is 0.325 e. The van der Waals surface area contributed by atoms with E-state index in [1.807, 2.05) is 30.3 Å². The third-order valence-corrected chi connectivity index (χ3v) is 3.69. The molecule has 1 N–H and O–H groups in total. The Balaban J connectivity index is 1.79. The Hall–Kier alpha value is -2.60. The summed E-state index contributed by atoms with van der Waals surface area (Å²) in [6.07, 6.45) is 1.62. The molecular weight excluding hydrogens is 296 g/mol. The Labute approximate surface area is 134 Å². The first kappa shape index (κ1) is 15.3. The van der Waals surface area contributed by atoms with Crippen molar-refractivity contribution in [2.45, 2.75) is 12.6 Å². The second-order valence-electron chi connectivity index (χ2n) is 5.39. The van der Waals surface area contributed by atoms with Crippen molar-refractivity contribution in [1.82, 2.24) is 9.88 Å². The van der Waals surface area contributed by atoms with Crippen molar-refractivity contribution >= 4 is 5.97 Å². The van der Waals surface area contributed by atoms with Gasteiger partial charge < -0.3 is 14.6 Å². The normalized spacial score (nSPS) is 14.5. The van der Waals surface area contributed by atoms with Gasteiger partial charge in [-0.1, -0.05) is 30.3 Å². The molecule has 6 nitrogen and oxygen atoms in total. The summed E-state index contributed by atoms with van der Waals surface area (Å²) in [7, 11) is 1.77. The van der Waals surface area contributed by atoms with Gasteiger partial charge in [-0.25, -0.2) is 0 Å². The van der Waals surface area contributed by atoms with Crippen LogP contribution in [0.2, 0.25) is 0 Å². The van der Waals surface area contributed by atoms with Crippen LogP contribution in [0.3, 0.4) is 0 Å². The van der Waals surface area contributed by atoms with Gasteiger partial charge in [-0.2, -0.15) is 0 Å². The number of fused-ring (bicyclic) bond motifs is 1. The quantitative estimate of drug-likeness (QED) is 0.911. The van der Waals surface area contributed by atoms with E-state index in [0.29, 0.717) is 31.3 Å². The molecule has 2 heterocycles. The van der Waals surface area contributed by atoms with Crippen molar-refractivity contribution in [1.29, 1.82) is 0 Å². The number of ether oxygens (including phenoxy) is 2. The summed E-state index contributed by atoms with van der Waals surface area (Å²) in [5, 5.41) is 9.56. The number of hydrogen-bond acceptors (Lipinski definition) is 5. The first-order valence-corrected chi connectivity index (χ1v) is 7.37. The highest BCUT2D eigenvalue weighted by Gasteiger charge is 2.25. The van der Waals surface area contributed by atoms with E-state index in [-0.39, 0.29) is 0 Å². The molecule has 6 heteroatoms. The molecule has 1 aliphatic rings. The highest BCUT2D eigenvalue weighted by molar-refractivity contribution is 5.75. The Morgan fingerprint density at radius 2 is 1.96 bits per heavy atom. The number of rotatable bonds is 5. The summed E-state index contributed by atoms with van der Waals surface area (Å²) in [6.45, 7) is 1.42. The molecule has 0 saturated heterocycles. The molecule has 2 aromatic rings. The average Bonchev–Trinajstić information content (AvgIpc) is 2.55. The molecule has 0 aliphatic carbocycles. The minimum absolute atomic E-state index is 0.391. The number of pyridine rings is 1. The van der Waals surface area contributed by atoms with E-state index >= 15 is 0 Å². The van der Waals surface area contributed by atoms with Crippen molar-refractivity contribution in [2.24, 2.45) is 0 Å². The van der Waals surface area contributed by atoms with Gasteiger partial charge >= 0.3 is 5.97 Å². The Kier molecular flexibility index (Phi) is 4.43. The fourth-order valence-corrected chi connectivity index (χ4v) is 2.64. The number of carboxylic acids is 1. The van der Waals surface area contributed by atoms with Gasteiger partial charge in [0.2, 0.25) is 0 Å². The molecule has 1 aromatic carbocycles. The maximum Gasteiger partial charge on any atom is 0.325 e. The van der Waals surface area contributed by atoms with Gasteiger partial charge in [-0.3, -0.25) is 14.7 Å². The first-order valence-electron chi connectivity index (χ1n) is 7.37. The number of carboxylic acid groups (broad SMARTS) is 1. The Bertz CT molecular complexity index is 690. The standard InChI is InChI=1S/C17H18N2O4/c1-19(16(17(20)21)12-5-3-2-4-6-12)11-13-9-14-15(10-18-13)23-8-7-22-14/h2-6,9-10,16H,7-8,11H2,1H3,(H,20,21). The van der Waals surface area contributed by atoms with Crippen molar-refractivity contribution in [3.05, 3.63) is 53.9 Å². The van der Waals surface area contributed by atoms with E-state index in [9.17, 15) is 9.90 Å². The number of nitrogens with zero attached hydrogens (tertiary/aromatic N) is 2. The van der Waals surface area contributed by atoms with Crippen LogP contribution in [0.1, 0.15) is 17.3 Å². The van der Waals surface area contributed by atoms with Crippen LogP contribution >= 0.6 is 0 Å². The summed E-state index contributed by atoms with van der Waals surface area (Å²) in [6, 6.07) is 10.2. The van der Waals surface area contributed by atoms with E-state index in [1.54, 1.807) is 24.2 Å². The fraction of sp³-hybridized carbons (Fsp3) is 0.294. The molecule has 1 aromatic heterocycles. The molecule has 1 unspecified atom stereocenters. The van der Waals surface area contributed by atoms with Gasteiger partial charge in [-0.05, 0) is 12.6 Å². The van der Waals surface area contributed by atoms with Crippen LogP contribution in [0.25, 0.3) is 0 Å². The van der Waals surface area contributed by atoms with Gasteiger partial charge in [0.15, 0.2) is 11.5 Å². The lowest BCUT2D eigenvalue weighted by Crippen LogP contribution is -2.30. The van der Waals surface area contributed by atoms with Gasteiger partial charge in [-0.15, -0.1) is 0 Å². The minimum atomic E-state index is -0.892. The van der Waals surface area contributed by atoms with E-state index in [0.717, 1.165) is 11.3 Å². The fourth-order valence-electron chi connectivity index (χ4n) is 2.64. The zero-order valence-corrected chi connectivity index (χ0v) is 12.8. The van der Waals surface area contributed by atoms with Crippen LogP contribution in [0.4, 0.5) is 0 Å². The molecular formula is C17H18N2O4. The number of likely N-dealkylation sites (N-methyl/N-ethyl adjacent to an activating group) is 1. The van der Waals surface area contributed by atoms with Crippen LogP contribution in [0.15, 0.2) is 42.6 Å².